The Hall–Kier alpha value is -2.18. The van der Waals surface area contributed by atoms with Crippen molar-refractivity contribution in [1.82, 2.24) is 9.62 Å². The molecule has 0 aliphatic rings. The van der Waals surface area contributed by atoms with E-state index in [9.17, 15) is 13.2 Å². The summed E-state index contributed by atoms with van der Waals surface area (Å²) in [5.41, 5.74) is 1.59. The average molecular weight is 375 g/mol. The van der Waals surface area contributed by atoms with Gasteiger partial charge < -0.3 is 4.90 Å². The van der Waals surface area contributed by atoms with Gasteiger partial charge in [0.2, 0.25) is 15.9 Å². The predicted molar refractivity (Wildman–Crippen MR) is 104 cm³/mol. The number of sulfonamides is 1. The van der Waals surface area contributed by atoms with Gasteiger partial charge >= 0.3 is 0 Å². The summed E-state index contributed by atoms with van der Waals surface area (Å²) in [7, 11) is -3.62. The zero-order valence-corrected chi connectivity index (χ0v) is 16.1. The van der Waals surface area contributed by atoms with E-state index in [-0.39, 0.29) is 11.7 Å². The van der Waals surface area contributed by atoms with Gasteiger partial charge in [0.15, 0.2) is 0 Å². The molecule has 6 heteroatoms. The van der Waals surface area contributed by atoms with Crippen LogP contribution in [0.15, 0.2) is 60.7 Å². The number of amides is 1. The Morgan fingerprint density at radius 1 is 0.962 bits per heavy atom. The van der Waals surface area contributed by atoms with Gasteiger partial charge in [-0.15, -0.1) is 0 Å². The molecule has 0 aromatic heterocycles. The third kappa shape index (κ3) is 5.68. The van der Waals surface area contributed by atoms with Gasteiger partial charge in [-0.2, -0.15) is 4.72 Å². The molecule has 0 aliphatic heterocycles. The first-order chi connectivity index (χ1) is 12.5. The molecule has 1 amide bonds. The van der Waals surface area contributed by atoms with Crippen LogP contribution in [0.25, 0.3) is 0 Å². The largest absolute Gasteiger partial charge is 0.342 e. The second kappa shape index (κ2) is 9.50. The fraction of sp³-hybridized carbons (Fsp3) is 0.350. The topological polar surface area (TPSA) is 66.5 Å². The van der Waals surface area contributed by atoms with E-state index in [1.807, 2.05) is 50.2 Å². The van der Waals surface area contributed by atoms with Crippen LogP contribution in [-0.4, -0.2) is 38.1 Å². The molecule has 0 radical (unpaired) electrons. The number of aryl methyl sites for hydroxylation is 1. The van der Waals surface area contributed by atoms with Crippen molar-refractivity contribution in [3.63, 3.8) is 0 Å². The zero-order valence-electron chi connectivity index (χ0n) is 15.3. The third-order valence-corrected chi connectivity index (χ3v) is 5.59. The van der Waals surface area contributed by atoms with Crippen LogP contribution in [0.5, 0.6) is 0 Å². The van der Waals surface area contributed by atoms with Gasteiger partial charge in [-0.25, -0.2) is 8.42 Å². The number of hydrogen-bond donors (Lipinski definition) is 1. The Morgan fingerprint density at radius 3 is 2.04 bits per heavy atom. The minimum Gasteiger partial charge on any atom is -0.342 e. The number of hydrogen-bond acceptors (Lipinski definition) is 3. The first-order valence-corrected chi connectivity index (χ1v) is 10.5. The van der Waals surface area contributed by atoms with Crippen molar-refractivity contribution < 1.29 is 13.2 Å². The SMILES string of the molecule is CCN(CC)C(=O)[C@@H](NS(=O)(=O)CCc1ccccc1)c1ccccc1. The Bertz CT molecular complexity index is 788. The van der Waals surface area contributed by atoms with E-state index >= 15 is 0 Å². The van der Waals surface area contributed by atoms with Crippen LogP contribution < -0.4 is 4.72 Å². The van der Waals surface area contributed by atoms with E-state index in [1.54, 1.807) is 29.2 Å². The van der Waals surface area contributed by atoms with Crippen molar-refractivity contribution in [3.05, 3.63) is 71.8 Å². The van der Waals surface area contributed by atoms with E-state index in [2.05, 4.69) is 4.72 Å². The maximum Gasteiger partial charge on any atom is 0.245 e. The molecule has 1 N–H and O–H groups in total. The van der Waals surface area contributed by atoms with Crippen LogP contribution in [0, 0.1) is 0 Å². The molecule has 0 fully saturated rings. The predicted octanol–water partition coefficient (Wildman–Crippen LogP) is 2.76. The lowest BCUT2D eigenvalue weighted by Crippen LogP contribution is -2.43. The second-order valence-electron chi connectivity index (χ2n) is 6.03. The van der Waals surface area contributed by atoms with Crippen molar-refractivity contribution in [3.8, 4) is 0 Å². The van der Waals surface area contributed by atoms with Crippen molar-refractivity contribution in [2.45, 2.75) is 26.3 Å². The Morgan fingerprint density at radius 2 is 1.50 bits per heavy atom. The van der Waals surface area contributed by atoms with Gasteiger partial charge in [0.05, 0.1) is 5.75 Å². The number of likely N-dealkylation sites (N-methyl/N-ethyl adjacent to an activating group) is 1. The number of carbonyl (C=O) groups excluding carboxylic acids is 1. The second-order valence-corrected chi connectivity index (χ2v) is 7.90. The summed E-state index contributed by atoms with van der Waals surface area (Å²) in [4.78, 5) is 14.5. The maximum atomic E-state index is 12.9. The Kier molecular flexibility index (Phi) is 7.36. The molecule has 5 nitrogen and oxygen atoms in total. The highest BCUT2D eigenvalue weighted by Crippen LogP contribution is 2.17. The number of carbonyl (C=O) groups is 1. The quantitative estimate of drug-likeness (QED) is 0.734. The van der Waals surface area contributed by atoms with Gasteiger partial charge in [0, 0.05) is 13.1 Å². The Labute approximate surface area is 156 Å². The molecular weight excluding hydrogens is 348 g/mol. The molecule has 1 atom stereocenters. The third-order valence-electron chi connectivity index (χ3n) is 4.25. The fourth-order valence-corrected chi connectivity index (χ4v) is 3.98. The summed E-state index contributed by atoms with van der Waals surface area (Å²) in [5, 5.41) is 0. The van der Waals surface area contributed by atoms with Crippen molar-refractivity contribution >= 4 is 15.9 Å². The molecule has 0 aliphatic carbocycles. The van der Waals surface area contributed by atoms with Gasteiger partial charge in [-0.1, -0.05) is 60.7 Å². The van der Waals surface area contributed by atoms with E-state index in [0.29, 0.717) is 25.1 Å². The molecule has 0 heterocycles. The summed E-state index contributed by atoms with van der Waals surface area (Å²) in [6.45, 7) is 4.83. The molecule has 0 saturated heterocycles. The molecule has 26 heavy (non-hydrogen) atoms. The van der Waals surface area contributed by atoms with E-state index in [0.717, 1.165) is 5.56 Å². The van der Waals surface area contributed by atoms with Crippen LogP contribution >= 0.6 is 0 Å². The number of nitrogens with zero attached hydrogens (tertiary/aromatic N) is 1. The van der Waals surface area contributed by atoms with Crippen LogP contribution in [0.3, 0.4) is 0 Å². The molecule has 0 saturated carbocycles. The number of benzene rings is 2. The standard InChI is InChI=1S/C20H26N2O3S/c1-3-22(4-2)20(23)19(18-13-9-6-10-14-18)21-26(24,25)16-15-17-11-7-5-8-12-17/h5-14,19,21H,3-4,15-16H2,1-2H3/t19-/m0/s1. The number of nitrogens with one attached hydrogen (secondary N) is 1. The van der Waals surface area contributed by atoms with Gasteiger partial charge in [0.25, 0.3) is 0 Å². The highest BCUT2D eigenvalue weighted by molar-refractivity contribution is 7.89. The lowest BCUT2D eigenvalue weighted by atomic mass is 10.1. The molecular formula is C20H26N2O3S. The van der Waals surface area contributed by atoms with E-state index in [4.69, 9.17) is 0 Å². The number of rotatable bonds is 9. The zero-order chi connectivity index (χ0) is 19.0. The Balaban J connectivity index is 2.18. The van der Waals surface area contributed by atoms with Gasteiger partial charge in [0.1, 0.15) is 6.04 Å². The van der Waals surface area contributed by atoms with Crippen LogP contribution in [-0.2, 0) is 21.2 Å². The van der Waals surface area contributed by atoms with E-state index < -0.39 is 16.1 Å². The molecule has 0 spiro atoms. The lowest BCUT2D eigenvalue weighted by molar-refractivity contribution is -0.132. The molecule has 2 rings (SSSR count). The van der Waals surface area contributed by atoms with Gasteiger partial charge in [-0.3, -0.25) is 4.79 Å². The molecule has 0 unspecified atom stereocenters. The molecule has 2 aromatic rings. The first kappa shape index (κ1) is 20.1. The lowest BCUT2D eigenvalue weighted by Gasteiger charge is -2.26. The van der Waals surface area contributed by atoms with Gasteiger partial charge in [-0.05, 0) is 31.4 Å². The summed E-state index contributed by atoms with van der Waals surface area (Å²) >= 11 is 0. The van der Waals surface area contributed by atoms with Crippen molar-refractivity contribution in [2.24, 2.45) is 0 Å². The normalized spacial score (nSPS) is 12.5. The highest BCUT2D eigenvalue weighted by Gasteiger charge is 2.28. The minimum absolute atomic E-state index is 0.0636. The van der Waals surface area contributed by atoms with Crippen molar-refractivity contribution in [2.75, 3.05) is 18.8 Å². The highest BCUT2D eigenvalue weighted by atomic mass is 32.2. The smallest absolute Gasteiger partial charge is 0.245 e. The summed E-state index contributed by atoms with van der Waals surface area (Å²) < 4.78 is 27.8. The van der Waals surface area contributed by atoms with Crippen LogP contribution in [0.4, 0.5) is 0 Å². The summed E-state index contributed by atoms with van der Waals surface area (Å²) in [6.07, 6.45) is 0.400. The average Bonchev–Trinajstić information content (AvgIpc) is 2.67. The monoisotopic (exact) mass is 374 g/mol. The first-order valence-electron chi connectivity index (χ1n) is 8.84. The summed E-state index contributed by atoms with van der Waals surface area (Å²) in [6, 6.07) is 17.5. The molecule has 0 bridgehead atoms. The fourth-order valence-electron chi connectivity index (χ4n) is 2.76. The van der Waals surface area contributed by atoms with E-state index in [1.165, 1.54) is 0 Å². The summed E-state index contributed by atoms with van der Waals surface area (Å²) in [5.74, 6) is -0.296. The molecule has 140 valence electrons. The van der Waals surface area contributed by atoms with Crippen molar-refractivity contribution in [1.29, 1.82) is 0 Å². The minimum atomic E-state index is -3.62. The maximum absolute atomic E-state index is 12.9. The van der Waals surface area contributed by atoms with Crippen LogP contribution in [0.2, 0.25) is 0 Å². The van der Waals surface area contributed by atoms with Crippen LogP contribution in [0.1, 0.15) is 31.0 Å². The molecule has 2 aromatic carbocycles.